The van der Waals surface area contributed by atoms with Crippen LogP contribution in [-0.2, 0) is 20.7 Å². The van der Waals surface area contributed by atoms with Crippen molar-refractivity contribution in [2.75, 3.05) is 6.61 Å². The van der Waals surface area contributed by atoms with Crippen LogP contribution in [0.25, 0.3) is 0 Å². The van der Waals surface area contributed by atoms with Gasteiger partial charge in [-0.2, -0.15) is 9.59 Å². The van der Waals surface area contributed by atoms with E-state index >= 15 is 0 Å². The summed E-state index contributed by atoms with van der Waals surface area (Å²) >= 11 is 0. The standard InChI is InChI=1S/C9H11BO2.CO2/c1-7-2-3-8-4-5-12-10(11)9(8)6-7;2-1-3/h2-3,6,11H,4-5H2,1H3;. The lowest BCUT2D eigenvalue weighted by Gasteiger charge is -2.18. The number of hydrogen-bond acceptors (Lipinski definition) is 4. The minimum absolute atomic E-state index is 0.250. The lowest BCUT2D eigenvalue weighted by molar-refractivity contribution is -0.191. The Balaban J connectivity index is 0.000000337. The van der Waals surface area contributed by atoms with E-state index < -0.39 is 7.12 Å². The smallest absolute Gasteiger partial charge is 0.423 e. The first-order valence-corrected chi connectivity index (χ1v) is 4.57. The normalized spacial score (nSPS) is 13.3. The molecular weight excluding hydrogens is 195 g/mol. The van der Waals surface area contributed by atoms with Gasteiger partial charge in [0, 0.05) is 6.61 Å². The molecule has 0 bridgehead atoms. The quantitative estimate of drug-likeness (QED) is 0.590. The van der Waals surface area contributed by atoms with E-state index in [1.165, 1.54) is 11.1 Å². The van der Waals surface area contributed by atoms with Crippen molar-refractivity contribution >= 4 is 18.7 Å². The lowest BCUT2D eigenvalue weighted by atomic mass is 9.73. The lowest BCUT2D eigenvalue weighted by Crippen LogP contribution is -2.41. The highest BCUT2D eigenvalue weighted by Crippen LogP contribution is 2.07. The first-order chi connectivity index (χ1) is 7.19. The van der Waals surface area contributed by atoms with Gasteiger partial charge in [-0.1, -0.05) is 23.8 Å². The van der Waals surface area contributed by atoms with Crippen LogP contribution in [0.2, 0.25) is 0 Å². The number of carbonyl (C=O) groups excluding carboxylic acids is 2. The summed E-state index contributed by atoms with van der Waals surface area (Å²) < 4.78 is 5.11. The van der Waals surface area contributed by atoms with Crippen molar-refractivity contribution in [1.82, 2.24) is 0 Å². The number of aryl methyl sites for hydroxylation is 1. The summed E-state index contributed by atoms with van der Waals surface area (Å²) in [5.41, 5.74) is 3.30. The van der Waals surface area contributed by atoms with E-state index in [9.17, 15) is 5.02 Å². The molecule has 1 aromatic carbocycles. The van der Waals surface area contributed by atoms with Crippen molar-refractivity contribution in [2.24, 2.45) is 0 Å². The predicted octanol–water partition coefficient (Wildman–Crippen LogP) is -0.328. The monoisotopic (exact) mass is 206 g/mol. The molecule has 4 nitrogen and oxygen atoms in total. The number of fused-ring (bicyclic) bond motifs is 1. The van der Waals surface area contributed by atoms with E-state index in [0.717, 1.165) is 11.9 Å². The van der Waals surface area contributed by atoms with E-state index in [-0.39, 0.29) is 6.15 Å². The number of hydrogen-bond donors (Lipinski definition) is 1. The molecule has 1 aliphatic heterocycles. The Hall–Kier alpha value is -1.42. The molecule has 1 aromatic rings. The van der Waals surface area contributed by atoms with Gasteiger partial charge in [-0.25, -0.2) is 0 Å². The second kappa shape index (κ2) is 5.46. The van der Waals surface area contributed by atoms with Crippen LogP contribution in [0, 0.1) is 6.92 Å². The van der Waals surface area contributed by atoms with Crippen molar-refractivity contribution in [3.63, 3.8) is 0 Å². The van der Waals surface area contributed by atoms with Crippen LogP contribution in [0.4, 0.5) is 0 Å². The third-order valence-corrected chi connectivity index (χ3v) is 2.21. The Labute approximate surface area is 88.0 Å². The molecule has 1 heterocycles. The molecule has 2 rings (SSSR count). The Morgan fingerprint density at radius 1 is 1.47 bits per heavy atom. The van der Waals surface area contributed by atoms with Gasteiger partial charge in [-0.3, -0.25) is 0 Å². The van der Waals surface area contributed by atoms with Gasteiger partial charge >= 0.3 is 13.3 Å². The molecule has 78 valence electrons. The summed E-state index contributed by atoms with van der Waals surface area (Å²) in [6, 6.07) is 6.12. The van der Waals surface area contributed by atoms with E-state index in [2.05, 4.69) is 12.1 Å². The van der Waals surface area contributed by atoms with Gasteiger partial charge in [0.15, 0.2) is 0 Å². The Morgan fingerprint density at radius 2 is 2.13 bits per heavy atom. The molecular formula is C10H11BO4. The average Bonchev–Trinajstić information content (AvgIpc) is 2.21. The zero-order valence-corrected chi connectivity index (χ0v) is 8.40. The first-order valence-electron chi connectivity index (χ1n) is 4.57. The van der Waals surface area contributed by atoms with Gasteiger partial charge in [0.25, 0.3) is 0 Å². The van der Waals surface area contributed by atoms with Crippen molar-refractivity contribution in [3.05, 3.63) is 29.3 Å². The molecule has 5 heteroatoms. The summed E-state index contributed by atoms with van der Waals surface area (Å²) in [6.07, 6.45) is 1.16. The molecule has 0 saturated carbocycles. The molecule has 0 atom stereocenters. The van der Waals surface area contributed by atoms with Crippen LogP contribution in [0.3, 0.4) is 0 Å². The molecule has 1 aliphatic rings. The Bertz CT molecular complexity index is 372. The number of rotatable bonds is 0. The molecule has 0 aliphatic carbocycles. The van der Waals surface area contributed by atoms with Gasteiger partial charge in [0.2, 0.25) is 0 Å². The summed E-state index contributed by atoms with van der Waals surface area (Å²) in [6.45, 7) is 2.64. The van der Waals surface area contributed by atoms with Crippen molar-refractivity contribution in [3.8, 4) is 0 Å². The van der Waals surface area contributed by atoms with Gasteiger partial charge in [0.05, 0.1) is 0 Å². The Morgan fingerprint density at radius 3 is 2.80 bits per heavy atom. The van der Waals surface area contributed by atoms with E-state index in [4.69, 9.17) is 14.2 Å². The molecule has 0 spiro atoms. The minimum Gasteiger partial charge on any atom is -0.423 e. The molecule has 0 unspecified atom stereocenters. The van der Waals surface area contributed by atoms with Gasteiger partial charge < -0.3 is 9.68 Å². The largest absolute Gasteiger partial charge is 0.491 e. The van der Waals surface area contributed by atoms with Crippen molar-refractivity contribution in [1.29, 1.82) is 0 Å². The first kappa shape index (κ1) is 11.7. The van der Waals surface area contributed by atoms with Crippen LogP contribution in [0.5, 0.6) is 0 Å². The third-order valence-electron chi connectivity index (χ3n) is 2.21. The van der Waals surface area contributed by atoms with E-state index in [1.807, 2.05) is 13.0 Å². The average molecular weight is 206 g/mol. The zero-order valence-electron chi connectivity index (χ0n) is 8.40. The highest BCUT2D eigenvalue weighted by atomic mass is 16.5. The van der Waals surface area contributed by atoms with E-state index in [1.54, 1.807) is 0 Å². The van der Waals surface area contributed by atoms with Crippen molar-refractivity contribution < 1.29 is 19.3 Å². The van der Waals surface area contributed by atoms with Crippen LogP contribution < -0.4 is 5.46 Å². The molecule has 0 fully saturated rings. The fourth-order valence-corrected chi connectivity index (χ4v) is 1.54. The summed E-state index contributed by atoms with van der Waals surface area (Å²) in [5, 5.41) is 9.46. The minimum atomic E-state index is -0.714. The van der Waals surface area contributed by atoms with Crippen LogP contribution >= 0.6 is 0 Å². The maximum Gasteiger partial charge on any atom is 0.491 e. The highest BCUT2D eigenvalue weighted by molar-refractivity contribution is 6.60. The highest BCUT2D eigenvalue weighted by Gasteiger charge is 2.23. The van der Waals surface area contributed by atoms with Crippen LogP contribution in [-0.4, -0.2) is 24.9 Å². The third kappa shape index (κ3) is 3.03. The maximum absolute atomic E-state index is 9.46. The van der Waals surface area contributed by atoms with E-state index in [0.29, 0.717) is 6.61 Å². The molecule has 0 radical (unpaired) electrons. The zero-order chi connectivity index (χ0) is 11.3. The second-order valence-corrected chi connectivity index (χ2v) is 3.26. The number of benzene rings is 1. The molecule has 1 N–H and O–H groups in total. The van der Waals surface area contributed by atoms with Crippen molar-refractivity contribution in [2.45, 2.75) is 13.3 Å². The summed E-state index contributed by atoms with van der Waals surface area (Å²) in [5.74, 6) is 0. The fourth-order valence-electron chi connectivity index (χ4n) is 1.54. The summed E-state index contributed by atoms with van der Waals surface area (Å²) in [7, 11) is -0.714. The Kier molecular flexibility index (Phi) is 4.25. The maximum atomic E-state index is 9.46. The van der Waals surface area contributed by atoms with Crippen LogP contribution in [0.1, 0.15) is 11.1 Å². The van der Waals surface area contributed by atoms with Crippen LogP contribution in [0.15, 0.2) is 18.2 Å². The SMILES string of the molecule is Cc1ccc2c(c1)B(O)OCC2.O=C=O. The molecule has 0 saturated heterocycles. The molecule has 0 aromatic heterocycles. The summed E-state index contributed by atoms with van der Waals surface area (Å²) in [4.78, 5) is 16.2. The molecule has 15 heavy (non-hydrogen) atoms. The fraction of sp³-hybridized carbons (Fsp3) is 0.300. The van der Waals surface area contributed by atoms with Gasteiger partial charge in [-0.15, -0.1) is 0 Å². The topological polar surface area (TPSA) is 63.6 Å². The second-order valence-electron chi connectivity index (χ2n) is 3.26. The van der Waals surface area contributed by atoms with Gasteiger partial charge in [-0.05, 0) is 24.4 Å². The molecule has 0 amide bonds. The predicted molar refractivity (Wildman–Crippen MR) is 53.4 cm³/mol. The van der Waals surface area contributed by atoms with Gasteiger partial charge in [0.1, 0.15) is 0 Å².